The molecule has 1 N–H and O–H groups in total. The number of nitrogens with one attached hydrogen (secondary N) is 1. The average Bonchev–Trinajstić information content (AvgIpc) is 3.53. The van der Waals surface area contributed by atoms with Gasteiger partial charge in [-0.3, -0.25) is 9.20 Å². The molecule has 1 amide bonds. The Hall–Kier alpha value is -3.36. The zero-order valence-corrected chi connectivity index (χ0v) is 19.1. The predicted octanol–water partition coefficient (Wildman–Crippen LogP) is 5.48. The molecule has 4 aromatic rings. The van der Waals surface area contributed by atoms with Gasteiger partial charge in [-0.05, 0) is 25.0 Å². The van der Waals surface area contributed by atoms with Gasteiger partial charge in [-0.2, -0.15) is 13.2 Å². The molecule has 0 unspecified atom stereocenters. The first kappa shape index (κ1) is 22.4. The molecule has 1 aliphatic rings. The van der Waals surface area contributed by atoms with Crippen molar-refractivity contribution in [1.29, 1.82) is 0 Å². The van der Waals surface area contributed by atoms with Crippen LogP contribution in [0, 0.1) is 12.8 Å². The average molecular weight is 470 g/mol. The molecule has 0 bridgehead atoms. The summed E-state index contributed by atoms with van der Waals surface area (Å²) in [5, 5.41) is 0. The van der Waals surface area contributed by atoms with E-state index in [0.29, 0.717) is 13.1 Å². The Morgan fingerprint density at radius 3 is 2.79 bits per heavy atom. The van der Waals surface area contributed by atoms with Gasteiger partial charge in [0.15, 0.2) is 11.3 Å². The lowest BCUT2D eigenvalue weighted by molar-refractivity contribution is -0.148. The zero-order chi connectivity index (χ0) is 24.0. The number of fused-ring (bicyclic) bond motifs is 3. The number of hydrogen-bond donors (Lipinski definition) is 1. The summed E-state index contributed by atoms with van der Waals surface area (Å²) in [5.74, 6) is -0.332. The van der Waals surface area contributed by atoms with Gasteiger partial charge < -0.3 is 9.88 Å². The number of alkyl halides is 3. The largest absolute Gasteiger partial charge is 0.389 e. The molecule has 1 saturated heterocycles. The van der Waals surface area contributed by atoms with Crippen LogP contribution in [0.4, 0.5) is 13.2 Å². The molecule has 178 valence electrons. The highest BCUT2D eigenvalue weighted by molar-refractivity contribution is 5.85. The number of imidazole rings is 1. The van der Waals surface area contributed by atoms with Crippen LogP contribution in [0.3, 0.4) is 0 Å². The summed E-state index contributed by atoms with van der Waals surface area (Å²) in [4.78, 5) is 26.9. The van der Waals surface area contributed by atoms with Gasteiger partial charge in [0, 0.05) is 49.1 Å². The fraction of sp³-hybridized carbons (Fsp3) is 0.400. The van der Waals surface area contributed by atoms with E-state index >= 15 is 0 Å². The first-order chi connectivity index (χ1) is 16.2. The number of rotatable bonds is 5. The number of likely N-dealkylation sites (tertiary alicyclic amines) is 1. The third kappa shape index (κ3) is 4.03. The van der Waals surface area contributed by atoms with E-state index in [0.717, 1.165) is 45.7 Å². The number of carbonyl (C=O) groups is 1. The summed E-state index contributed by atoms with van der Waals surface area (Å²) >= 11 is 0. The second kappa shape index (κ2) is 8.45. The Morgan fingerprint density at radius 2 is 2.06 bits per heavy atom. The molecule has 1 fully saturated rings. The molecule has 9 heteroatoms. The number of halogens is 3. The van der Waals surface area contributed by atoms with Crippen molar-refractivity contribution in [2.24, 2.45) is 5.92 Å². The maximum atomic E-state index is 12.6. The maximum absolute atomic E-state index is 12.6. The van der Waals surface area contributed by atoms with Crippen LogP contribution in [-0.2, 0) is 4.79 Å². The summed E-state index contributed by atoms with van der Waals surface area (Å²) in [6, 6.07) is 10.0. The molecule has 0 spiro atoms. The van der Waals surface area contributed by atoms with Gasteiger partial charge >= 0.3 is 6.18 Å². The number of aryl methyl sites for hydroxylation is 1. The van der Waals surface area contributed by atoms with Crippen LogP contribution in [0.15, 0.2) is 42.7 Å². The van der Waals surface area contributed by atoms with E-state index in [1.165, 1.54) is 0 Å². The first-order valence-electron chi connectivity index (χ1n) is 11.5. The lowest BCUT2D eigenvalue weighted by Crippen LogP contribution is -2.30. The van der Waals surface area contributed by atoms with Gasteiger partial charge in [0.05, 0.1) is 11.9 Å². The minimum Gasteiger partial charge on any atom is -0.345 e. The summed E-state index contributed by atoms with van der Waals surface area (Å²) in [7, 11) is 0. The Kier molecular flexibility index (Phi) is 5.58. The highest BCUT2D eigenvalue weighted by Gasteiger charge is 2.38. The van der Waals surface area contributed by atoms with E-state index < -0.39 is 24.9 Å². The van der Waals surface area contributed by atoms with E-state index in [1.54, 1.807) is 4.90 Å². The van der Waals surface area contributed by atoms with Crippen LogP contribution in [0.5, 0.6) is 0 Å². The van der Waals surface area contributed by atoms with Crippen LogP contribution in [0.2, 0.25) is 0 Å². The molecule has 1 aliphatic heterocycles. The molecule has 4 heterocycles. The van der Waals surface area contributed by atoms with Crippen molar-refractivity contribution >= 4 is 22.7 Å². The van der Waals surface area contributed by atoms with Gasteiger partial charge in [0.25, 0.3) is 0 Å². The SMILES string of the molecule is CC[C@@H]1CN(C(=O)CCC(F)(F)F)C[C@@H]1c1cnc2c(-c3cccc(C)c3)nc3[nH]ccc3n12. The Labute approximate surface area is 194 Å². The molecule has 0 radical (unpaired) electrons. The molecule has 0 saturated carbocycles. The summed E-state index contributed by atoms with van der Waals surface area (Å²) in [6.07, 6.45) is -1.45. The number of amides is 1. The molecule has 1 aromatic carbocycles. The van der Waals surface area contributed by atoms with E-state index in [1.807, 2.05) is 43.6 Å². The third-order valence-electron chi connectivity index (χ3n) is 6.78. The standard InChI is InChI=1S/C25H26F3N5O/c1-3-16-13-32(21(34)7-9-25(26,27)28)14-18(16)20-12-30-24-22(17-6-4-5-15(2)11-17)31-23-19(33(20)24)8-10-29-23/h4-6,8,10-12,16,18,29H,3,7,9,13-14H2,1-2H3/t16-,18+/m1/s1. The first-order valence-corrected chi connectivity index (χ1v) is 11.5. The van der Waals surface area contributed by atoms with E-state index in [4.69, 9.17) is 9.97 Å². The van der Waals surface area contributed by atoms with E-state index in [-0.39, 0.29) is 11.8 Å². The lowest BCUT2D eigenvalue weighted by Gasteiger charge is -2.17. The smallest absolute Gasteiger partial charge is 0.345 e. The second-order valence-electron chi connectivity index (χ2n) is 9.07. The summed E-state index contributed by atoms with van der Waals surface area (Å²) < 4.78 is 40.0. The number of nitrogens with zero attached hydrogens (tertiary/aromatic N) is 4. The predicted molar refractivity (Wildman–Crippen MR) is 123 cm³/mol. The number of aromatic amines is 1. The summed E-state index contributed by atoms with van der Waals surface area (Å²) in [5.41, 5.74) is 6.13. The van der Waals surface area contributed by atoms with Crippen LogP contribution in [0.25, 0.3) is 28.1 Å². The molecular formula is C25H26F3N5O. The number of carbonyl (C=O) groups excluding carboxylic acids is 1. The number of hydrogen-bond acceptors (Lipinski definition) is 3. The summed E-state index contributed by atoms with van der Waals surface area (Å²) in [6.45, 7) is 4.92. The number of benzene rings is 1. The maximum Gasteiger partial charge on any atom is 0.389 e. The second-order valence-corrected chi connectivity index (χ2v) is 9.07. The molecule has 3 aromatic heterocycles. The normalized spacial score (nSPS) is 18.9. The molecule has 2 atom stereocenters. The molecule has 5 rings (SSSR count). The van der Waals surface area contributed by atoms with E-state index in [9.17, 15) is 18.0 Å². The van der Waals surface area contributed by atoms with Crippen molar-refractivity contribution in [3.63, 3.8) is 0 Å². The van der Waals surface area contributed by atoms with Gasteiger partial charge in [-0.15, -0.1) is 0 Å². The van der Waals surface area contributed by atoms with Gasteiger partial charge in [0.2, 0.25) is 5.91 Å². The number of aromatic nitrogens is 4. The van der Waals surface area contributed by atoms with Crippen molar-refractivity contribution in [2.45, 2.75) is 45.2 Å². The van der Waals surface area contributed by atoms with Crippen molar-refractivity contribution < 1.29 is 18.0 Å². The van der Waals surface area contributed by atoms with E-state index in [2.05, 4.69) is 22.4 Å². The monoisotopic (exact) mass is 469 g/mol. The van der Waals surface area contributed by atoms with Crippen molar-refractivity contribution in [1.82, 2.24) is 24.3 Å². The highest BCUT2D eigenvalue weighted by Crippen LogP contribution is 2.38. The molecule has 34 heavy (non-hydrogen) atoms. The van der Waals surface area contributed by atoms with Crippen molar-refractivity contribution in [3.8, 4) is 11.3 Å². The van der Waals surface area contributed by atoms with Gasteiger partial charge in [0.1, 0.15) is 5.69 Å². The van der Waals surface area contributed by atoms with Crippen LogP contribution in [0.1, 0.15) is 43.4 Å². The molecular weight excluding hydrogens is 443 g/mol. The van der Waals surface area contributed by atoms with Gasteiger partial charge in [-0.1, -0.05) is 37.1 Å². The van der Waals surface area contributed by atoms with Crippen LogP contribution < -0.4 is 0 Å². The Bertz CT molecular complexity index is 1360. The Morgan fingerprint density at radius 1 is 1.24 bits per heavy atom. The quantitative estimate of drug-likeness (QED) is 0.421. The molecule has 6 nitrogen and oxygen atoms in total. The van der Waals surface area contributed by atoms with Crippen LogP contribution >= 0.6 is 0 Å². The lowest BCUT2D eigenvalue weighted by atomic mass is 9.91. The fourth-order valence-corrected chi connectivity index (χ4v) is 5.05. The van der Waals surface area contributed by atoms with Crippen molar-refractivity contribution in [2.75, 3.05) is 13.1 Å². The minimum atomic E-state index is -4.33. The van der Waals surface area contributed by atoms with Crippen molar-refractivity contribution in [3.05, 3.63) is 54.0 Å². The zero-order valence-electron chi connectivity index (χ0n) is 19.1. The fourth-order valence-electron chi connectivity index (χ4n) is 5.05. The van der Waals surface area contributed by atoms with Crippen LogP contribution in [-0.4, -0.2) is 49.4 Å². The number of H-pyrrole nitrogens is 1. The Balaban J connectivity index is 1.56. The topological polar surface area (TPSA) is 66.3 Å². The molecule has 0 aliphatic carbocycles. The highest BCUT2D eigenvalue weighted by atomic mass is 19.4. The minimum absolute atomic E-state index is 0.0271. The van der Waals surface area contributed by atoms with Gasteiger partial charge in [-0.25, -0.2) is 9.97 Å². The third-order valence-corrected chi connectivity index (χ3v) is 6.78.